The summed E-state index contributed by atoms with van der Waals surface area (Å²) in [5.74, 6) is -0.240. The SMILES string of the molecule is O=C(NCCO)NCC1(c2ccc(F)cc2)CCCC1. The van der Waals surface area contributed by atoms with E-state index in [1.54, 1.807) is 0 Å². The number of aliphatic hydroxyl groups is 1. The Kier molecular flexibility index (Phi) is 4.95. The third-order valence-corrected chi connectivity index (χ3v) is 4.00. The highest BCUT2D eigenvalue weighted by Gasteiger charge is 2.35. The van der Waals surface area contributed by atoms with Crippen LogP contribution in [-0.2, 0) is 5.41 Å². The third kappa shape index (κ3) is 3.48. The van der Waals surface area contributed by atoms with Gasteiger partial charge < -0.3 is 15.7 Å². The molecule has 1 aliphatic carbocycles. The Morgan fingerprint density at radius 2 is 1.85 bits per heavy atom. The van der Waals surface area contributed by atoms with Gasteiger partial charge in [0.15, 0.2) is 0 Å². The normalized spacial score (nSPS) is 16.9. The zero-order chi connectivity index (χ0) is 14.4. The summed E-state index contributed by atoms with van der Waals surface area (Å²) in [6.45, 7) is 0.710. The molecule has 0 aromatic heterocycles. The Hall–Kier alpha value is -1.62. The monoisotopic (exact) mass is 280 g/mol. The molecule has 1 aromatic carbocycles. The molecule has 0 bridgehead atoms. The second kappa shape index (κ2) is 6.70. The van der Waals surface area contributed by atoms with Crippen LogP contribution in [0.3, 0.4) is 0 Å². The molecule has 1 saturated carbocycles. The van der Waals surface area contributed by atoms with Crippen LogP contribution in [0.5, 0.6) is 0 Å². The highest BCUT2D eigenvalue weighted by Crippen LogP contribution is 2.40. The molecule has 4 nitrogen and oxygen atoms in total. The van der Waals surface area contributed by atoms with E-state index in [1.807, 2.05) is 12.1 Å². The average molecular weight is 280 g/mol. The number of amides is 2. The Balaban J connectivity index is 2.02. The van der Waals surface area contributed by atoms with Gasteiger partial charge in [-0.1, -0.05) is 25.0 Å². The standard InChI is InChI=1S/C15H21FN2O2/c16-13-5-3-12(4-6-13)15(7-1-2-8-15)11-18-14(20)17-9-10-19/h3-6,19H,1-2,7-11H2,(H2,17,18,20). The molecular formula is C15H21FN2O2. The van der Waals surface area contributed by atoms with Crippen molar-refractivity contribution in [2.75, 3.05) is 19.7 Å². The Labute approximate surface area is 118 Å². The van der Waals surface area contributed by atoms with Gasteiger partial charge in [0.2, 0.25) is 0 Å². The van der Waals surface area contributed by atoms with E-state index in [9.17, 15) is 9.18 Å². The molecular weight excluding hydrogens is 259 g/mol. The second-order valence-corrected chi connectivity index (χ2v) is 5.33. The summed E-state index contributed by atoms with van der Waals surface area (Å²) in [4.78, 5) is 11.6. The number of hydrogen-bond donors (Lipinski definition) is 3. The van der Waals surface area contributed by atoms with Crippen LogP contribution in [0.4, 0.5) is 9.18 Å². The van der Waals surface area contributed by atoms with Crippen molar-refractivity contribution in [2.24, 2.45) is 0 Å². The molecule has 1 fully saturated rings. The van der Waals surface area contributed by atoms with Crippen molar-refractivity contribution < 1.29 is 14.3 Å². The summed E-state index contributed by atoms with van der Waals surface area (Å²) in [5.41, 5.74) is 0.989. The van der Waals surface area contributed by atoms with Crippen LogP contribution < -0.4 is 10.6 Å². The first-order valence-electron chi connectivity index (χ1n) is 7.05. The summed E-state index contributed by atoms with van der Waals surface area (Å²) >= 11 is 0. The summed E-state index contributed by atoms with van der Waals surface area (Å²) in [5, 5.41) is 14.1. The number of urea groups is 1. The van der Waals surface area contributed by atoms with Gasteiger partial charge >= 0.3 is 6.03 Å². The molecule has 1 aromatic rings. The van der Waals surface area contributed by atoms with E-state index in [2.05, 4.69) is 10.6 Å². The molecule has 0 saturated heterocycles. The summed E-state index contributed by atoms with van der Waals surface area (Å²) in [6.07, 6.45) is 4.24. The van der Waals surface area contributed by atoms with Crippen molar-refractivity contribution in [1.29, 1.82) is 0 Å². The van der Waals surface area contributed by atoms with Gasteiger partial charge in [0, 0.05) is 18.5 Å². The molecule has 0 atom stereocenters. The molecule has 0 aliphatic heterocycles. The fourth-order valence-electron chi connectivity index (χ4n) is 2.90. The van der Waals surface area contributed by atoms with Crippen molar-refractivity contribution in [2.45, 2.75) is 31.1 Å². The molecule has 0 spiro atoms. The van der Waals surface area contributed by atoms with Gasteiger partial charge in [0.05, 0.1) is 6.61 Å². The molecule has 2 rings (SSSR count). The van der Waals surface area contributed by atoms with Crippen molar-refractivity contribution in [3.8, 4) is 0 Å². The van der Waals surface area contributed by atoms with Crippen molar-refractivity contribution in [1.82, 2.24) is 10.6 Å². The lowest BCUT2D eigenvalue weighted by molar-refractivity contribution is 0.231. The van der Waals surface area contributed by atoms with Gasteiger partial charge in [-0.15, -0.1) is 0 Å². The van der Waals surface area contributed by atoms with E-state index in [1.165, 1.54) is 12.1 Å². The van der Waals surface area contributed by atoms with Crippen molar-refractivity contribution in [3.63, 3.8) is 0 Å². The smallest absolute Gasteiger partial charge is 0.314 e. The van der Waals surface area contributed by atoms with Gasteiger partial charge in [0.1, 0.15) is 5.82 Å². The molecule has 110 valence electrons. The van der Waals surface area contributed by atoms with Crippen LogP contribution in [-0.4, -0.2) is 30.8 Å². The first kappa shape index (κ1) is 14.8. The van der Waals surface area contributed by atoms with E-state index < -0.39 is 0 Å². The summed E-state index contributed by atoms with van der Waals surface area (Å²) in [7, 11) is 0. The maximum absolute atomic E-state index is 13.0. The van der Waals surface area contributed by atoms with Gasteiger partial charge in [-0.25, -0.2) is 9.18 Å². The van der Waals surface area contributed by atoms with Gasteiger partial charge in [0.25, 0.3) is 0 Å². The second-order valence-electron chi connectivity index (χ2n) is 5.33. The van der Waals surface area contributed by atoms with Gasteiger partial charge in [-0.05, 0) is 30.5 Å². The Morgan fingerprint density at radius 1 is 1.20 bits per heavy atom. The Morgan fingerprint density at radius 3 is 2.45 bits per heavy atom. The minimum atomic E-state index is -0.271. The predicted molar refractivity (Wildman–Crippen MR) is 75.0 cm³/mol. The number of hydrogen-bond acceptors (Lipinski definition) is 2. The van der Waals surface area contributed by atoms with Crippen LogP contribution in [0.25, 0.3) is 0 Å². The van der Waals surface area contributed by atoms with Crippen LogP contribution >= 0.6 is 0 Å². The Bertz CT molecular complexity index is 442. The zero-order valence-corrected chi connectivity index (χ0v) is 11.5. The summed E-state index contributed by atoms with van der Waals surface area (Å²) in [6, 6.07) is 6.30. The molecule has 0 radical (unpaired) electrons. The zero-order valence-electron chi connectivity index (χ0n) is 11.5. The van der Waals surface area contributed by atoms with E-state index in [4.69, 9.17) is 5.11 Å². The molecule has 1 aliphatic rings. The van der Waals surface area contributed by atoms with E-state index >= 15 is 0 Å². The first-order chi connectivity index (χ1) is 9.66. The molecule has 2 amide bonds. The van der Waals surface area contributed by atoms with Gasteiger partial charge in [-0.2, -0.15) is 0 Å². The quantitative estimate of drug-likeness (QED) is 0.772. The molecule has 5 heteroatoms. The molecule has 0 unspecified atom stereocenters. The number of rotatable bonds is 5. The highest BCUT2D eigenvalue weighted by atomic mass is 19.1. The number of carbonyl (C=O) groups excluding carboxylic acids is 1. The lowest BCUT2D eigenvalue weighted by Gasteiger charge is -2.30. The van der Waals surface area contributed by atoms with E-state index in [0.29, 0.717) is 6.54 Å². The maximum atomic E-state index is 13.0. The van der Waals surface area contributed by atoms with E-state index in [0.717, 1.165) is 31.2 Å². The fourth-order valence-corrected chi connectivity index (χ4v) is 2.90. The predicted octanol–water partition coefficient (Wildman–Crippen LogP) is 1.93. The number of carbonyl (C=O) groups is 1. The maximum Gasteiger partial charge on any atom is 0.314 e. The number of benzene rings is 1. The largest absolute Gasteiger partial charge is 0.395 e. The van der Waals surface area contributed by atoms with Gasteiger partial charge in [-0.3, -0.25) is 0 Å². The molecule has 0 heterocycles. The molecule has 20 heavy (non-hydrogen) atoms. The average Bonchev–Trinajstić information content (AvgIpc) is 2.93. The highest BCUT2D eigenvalue weighted by molar-refractivity contribution is 5.73. The van der Waals surface area contributed by atoms with Crippen LogP contribution in [0.15, 0.2) is 24.3 Å². The lowest BCUT2D eigenvalue weighted by atomic mass is 9.79. The first-order valence-corrected chi connectivity index (χ1v) is 7.05. The fraction of sp³-hybridized carbons (Fsp3) is 0.533. The number of halogens is 1. The molecule has 3 N–H and O–H groups in total. The van der Waals surface area contributed by atoms with E-state index in [-0.39, 0.29) is 30.4 Å². The van der Waals surface area contributed by atoms with Crippen LogP contribution in [0.2, 0.25) is 0 Å². The lowest BCUT2D eigenvalue weighted by Crippen LogP contribution is -2.44. The third-order valence-electron chi connectivity index (χ3n) is 4.00. The van der Waals surface area contributed by atoms with Crippen molar-refractivity contribution in [3.05, 3.63) is 35.6 Å². The van der Waals surface area contributed by atoms with Crippen LogP contribution in [0, 0.1) is 5.82 Å². The number of aliphatic hydroxyl groups excluding tert-OH is 1. The minimum Gasteiger partial charge on any atom is -0.395 e. The topological polar surface area (TPSA) is 61.4 Å². The summed E-state index contributed by atoms with van der Waals surface area (Å²) < 4.78 is 13.0. The number of nitrogens with one attached hydrogen (secondary N) is 2. The minimum absolute atomic E-state index is 0.0729. The van der Waals surface area contributed by atoms with Crippen molar-refractivity contribution >= 4 is 6.03 Å². The van der Waals surface area contributed by atoms with Crippen LogP contribution in [0.1, 0.15) is 31.2 Å².